The number of aryl methyl sites for hydroxylation is 4. The Kier molecular flexibility index (Phi) is 6.49. The highest BCUT2D eigenvalue weighted by Gasteiger charge is 2.40. The van der Waals surface area contributed by atoms with Gasteiger partial charge in [0.05, 0.1) is 0 Å². The van der Waals surface area contributed by atoms with Crippen LogP contribution in [0.2, 0.25) is 0 Å². The molecule has 0 radical (unpaired) electrons. The van der Waals surface area contributed by atoms with Crippen molar-refractivity contribution >= 4 is 0 Å². The maximum Gasteiger partial charge on any atom is 0.135 e. The highest BCUT2D eigenvalue weighted by Crippen LogP contribution is 2.58. The van der Waals surface area contributed by atoms with Gasteiger partial charge < -0.3 is 14.2 Å². The summed E-state index contributed by atoms with van der Waals surface area (Å²) in [5.74, 6) is 4.90. The molecule has 2 aliphatic rings. The first kappa shape index (κ1) is 27.3. The number of rotatable bonds is 5. The molecule has 0 amide bonds. The molecule has 1 heterocycles. The van der Waals surface area contributed by atoms with Crippen LogP contribution in [-0.4, -0.2) is 0 Å². The fourth-order valence-electron chi connectivity index (χ4n) is 6.87. The summed E-state index contributed by atoms with van der Waals surface area (Å²) in [6, 6.07) is 42.6. The van der Waals surface area contributed by atoms with E-state index in [0.29, 0.717) is 0 Å². The van der Waals surface area contributed by atoms with Gasteiger partial charge in [-0.25, -0.2) is 0 Å². The first-order valence-corrected chi connectivity index (χ1v) is 15.6. The lowest BCUT2D eigenvalue weighted by molar-refractivity contribution is 0.422. The van der Waals surface area contributed by atoms with E-state index in [1.807, 2.05) is 24.3 Å². The van der Waals surface area contributed by atoms with Crippen LogP contribution in [0, 0.1) is 27.7 Å². The third kappa shape index (κ3) is 4.76. The van der Waals surface area contributed by atoms with Gasteiger partial charge in [-0.05, 0) is 109 Å². The number of benzene rings is 6. The van der Waals surface area contributed by atoms with Gasteiger partial charge >= 0.3 is 0 Å². The molecule has 0 unspecified atom stereocenters. The zero-order valence-corrected chi connectivity index (χ0v) is 25.9. The highest BCUT2D eigenvalue weighted by atomic mass is 16.5. The molecule has 0 spiro atoms. The van der Waals surface area contributed by atoms with Crippen LogP contribution in [0.1, 0.15) is 56.3 Å². The predicted molar refractivity (Wildman–Crippen MR) is 181 cm³/mol. The molecule has 0 fully saturated rings. The topological polar surface area (TPSA) is 27.7 Å². The van der Waals surface area contributed by atoms with Crippen molar-refractivity contribution in [1.82, 2.24) is 0 Å². The largest absolute Gasteiger partial charge is 0.457 e. The number of hydrogen-bond donors (Lipinski definition) is 0. The van der Waals surface area contributed by atoms with Crippen LogP contribution in [0.3, 0.4) is 0 Å². The second kappa shape index (κ2) is 10.7. The molecule has 0 N–H and O–H groups in total. The van der Waals surface area contributed by atoms with Gasteiger partial charge in [-0.3, -0.25) is 0 Å². The summed E-state index contributed by atoms with van der Waals surface area (Å²) in [5, 5.41) is 0. The normalized spacial score (nSPS) is 13.3. The molecule has 8 rings (SSSR count). The summed E-state index contributed by atoms with van der Waals surface area (Å²) in [6.45, 7) is 8.44. The maximum absolute atomic E-state index is 6.73. The van der Waals surface area contributed by atoms with Crippen LogP contribution in [0.15, 0.2) is 121 Å². The Morgan fingerprint density at radius 3 is 1.27 bits per heavy atom. The Labute approximate surface area is 264 Å². The van der Waals surface area contributed by atoms with Crippen LogP contribution < -0.4 is 14.2 Å². The summed E-state index contributed by atoms with van der Waals surface area (Å²) in [7, 11) is 0. The fraction of sp³-hybridized carbons (Fsp3) is 0.143. The lowest BCUT2D eigenvalue weighted by Gasteiger charge is -2.33. The lowest BCUT2D eigenvalue weighted by atomic mass is 9.74. The number of fused-ring (bicyclic) bond motifs is 5. The van der Waals surface area contributed by atoms with Gasteiger partial charge in [0.25, 0.3) is 0 Å². The second-order valence-electron chi connectivity index (χ2n) is 12.3. The predicted octanol–water partition coefficient (Wildman–Crippen LogP) is 11.6. The molecule has 0 bridgehead atoms. The SMILES string of the molecule is Cc1ccc(Oc2ccc3c(c2)Oc2cc(Oc4ccc(C)c(C)c4)ccc2C3C2c3ccccc3-c3ccccc32)cc1C. The third-order valence-electron chi connectivity index (χ3n) is 9.50. The minimum absolute atomic E-state index is 0.0416. The van der Waals surface area contributed by atoms with Crippen molar-refractivity contribution < 1.29 is 14.2 Å². The lowest BCUT2D eigenvalue weighted by Crippen LogP contribution is -2.17. The molecule has 1 aliphatic carbocycles. The molecular weight excluding hydrogens is 552 g/mol. The van der Waals surface area contributed by atoms with E-state index in [1.165, 1.54) is 44.5 Å². The van der Waals surface area contributed by atoms with Crippen molar-refractivity contribution in [2.75, 3.05) is 0 Å². The average molecular weight is 587 g/mol. The third-order valence-corrected chi connectivity index (χ3v) is 9.50. The Morgan fingerprint density at radius 1 is 0.400 bits per heavy atom. The fourth-order valence-corrected chi connectivity index (χ4v) is 6.87. The molecule has 0 atom stereocenters. The Hall–Kier alpha value is -5.28. The molecule has 0 aromatic heterocycles. The smallest absolute Gasteiger partial charge is 0.135 e. The number of hydrogen-bond acceptors (Lipinski definition) is 3. The van der Waals surface area contributed by atoms with Gasteiger partial charge in [0, 0.05) is 35.1 Å². The standard InChI is InChI=1S/C42H34O3/c1-25-13-15-29(21-27(25)3)43-31-17-19-37-39(23-31)45-40-24-32(44-30-16-14-26(2)28(4)22-30)18-20-38(40)42(37)41-35-11-7-5-9-33(35)34-10-6-8-12-36(34)41/h5-24,41-42H,1-4H3. The first-order chi connectivity index (χ1) is 21.9. The minimum atomic E-state index is 0.0416. The molecule has 6 aromatic carbocycles. The molecule has 3 nitrogen and oxygen atoms in total. The van der Waals surface area contributed by atoms with Gasteiger partial charge in [0.1, 0.15) is 34.5 Å². The van der Waals surface area contributed by atoms with Crippen LogP contribution in [0.4, 0.5) is 0 Å². The van der Waals surface area contributed by atoms with E-state index in [4.69, 9.17) is 14.2 Å². The van der Waals surface area contributed by atoms with Crippen LogP contribution in [0.25, 0.3) is 11.1 Å². The Bertz CT molecular complexity index is 1960. The van der Waals surface area contributed by atoms with E-state index in [-0.39, 0.29) is 11.8 Å². The van der Waals surface area contributed by atoms with Gasteiger partial charge in [-0.2, -0.15) is 0 Å². The molecule has 3 heteroatoms. The van der Waals surface area contributed by atoms with Crippen LogP contribution in [0.5, 0.6) is 34.5 Å². The Morgan fingerprint density at radius 2 is 0.800 bits per heavy atom. The van der Waals surface area contributed by atoms with E-state index in [9.17, 15) is 0 Å². The highest BCUT2D eigenvalue weighted by molar-refractivity contribution is 5.80. The van der Waals surface area contributed by atoms with Crippen molar-refractivity contribution in [2.24, 2.45) is 0 Å². The molecular formula is C42H34O3. The van der Waals surface area contributed by atoms with Gasteiger partial charge in [-0.1, -0.05) is 72.8 Å². The first-order valence-electron chi connectivity index (χ1n) is 15.6. The van der Waals surface area contributed by atoms with Crippen LogP contribution in [-0.2, 0) is 0 Å². The Balaban J connectivity index is 1.25. The van der Waals surface area contributed by atoms with E-state index in [0.717, 1.165) is 45.6 Å². The van der Waals surface area contributed by atoms with E-state index < -0.39 is 0 Å². The molecule has 6 aromatic rings. The van der Waals surface area contributed by atoms with Crippen molar-refractivity contribution in [2.45, 2.75) is 39.5 Å². The monoisotopic (exact) mass is 586 g/mol. The average Bonchev–Trinajstić information content (AvgIpc) is 3.37. The summed E-state index contributed by atoms with van der Waals surface area (Å²) in [4.78, 5) is 0. The molecule has 0 saturated heterocycles. The molecule has 1 aliphatic heterocycles. The molecule has 0 saturated carbocycles. The van der Waals surface area contributed by atoms with E-state index >= 15 is 0 Å². The van der Waals surface area contributed by atoms with Crippen molar-refractivity contribution in [3.63, 3.8) is 0 Å². The van der Waals surface area contributed by atoms with Crippen molar-refractivity contribution in [1.29, 1.82) is 0 Å². The van der Waals surface area contributed by atoms with Gasteiger partial charge in [0.15, 0.2) is 0 Å². The maximum atomic E-state index is 6.73. The summed E-state index contributed by atoms with van der Waals surface area (Å²) in [5.41, 5.74) is 12.5. The zero-order valence-electron chi connectivity index (χ0n) is 25.9. The summed E-state index contributed by atoms with van der Waals surface area (Å²) >= 11 is 0. The summed E-state index contributed by atoms with van der Waals surface area (Å²) in [6.07, 6.45) is 0. The van der Waals surface area contributed by atoms with E-state index in [1.54, 1.807) is 0 Å². The zero-order chi connectivity index (χ0) is 30.7. The second-order valence-corrected chi connectivity index (χ2v) is 12.3. The quantitative estimate of drug-likeness (QED) is 0.201. The van der Waals surface area contributed by atoms with Crippen molar-refractivity contribution in [3.8, 4) is 45.6 Å². The number of ether oxygens (including phenoxy) is 3. The van der Waals surface area contributed by atoms with Crippen LogP contribution >= 0.6 is 0 Å². The minimum Gasteiger partial charge on any atom is -0.457 e. The van der Waals surface area contributed by atoms with E-state index in [2.05, 4.69) is 125 Å². The molecule has 45 heavy (non-hydrogen) atoms. The van der Waals surface area contributed by atoms with Gasteiger partial charge in [0.2, 0.25) is 0 Å². The summed E-state index contributed by atoms with van der Waals surface area (Å²) < 4.78 is 19.4. The molecule has 220 valence electrons. The van der Waals surface area contributed by atoms with Gasteiger partial charge in [-0.15, -0.1) is 0 Å². The van der Waals surface area contributed by atoms with Crippen molar-refractivity contribution in [3.05, 3.63) is 166 Å².